The van der Waals surface area contributed by atoms with Gasteiger partial charge in [0.1, 0.15) is 30.6 Å². The van der Waals surface area contributed by atoms with E-state index in [9.17, 15) is 9.18 Å². The van der Waals surface area contributed by atoms with Gasteiger partial charge < -0.3 is 10.2 Å². The minimum absolute atomic E-state index is 0.132. The molecule has 1 fully saturated rings. The summed E-state index contributed by atoms with van der Waals surface area (Å²) in [7, 11) is 0. The van der Waals surface area contributed by atoms with Gasteiger partial charge in [-0.15, -0.1) is 0 Å². The lowest BCUT2D eigenvalue weighted by atomic mass is 9.99. The fourth-order valence-corrected chi connectivity index (χ4v) is 2.60. The normalized spacial score (nSPS) is 14.2. The van der Waals surface area contributed by atoms with Gasteiger partial charge in [0.05, 0.1) is 5.92 Å². The minimum Gasteiger partial charge on any atom is -0.355 e. The van der Waals surface area contributed by atoms with E-state index in [0.717, 1.165) is 5.82 Å². The summed E-state index contributed by atoms with van der Waals surface area (Å²) < 4.78 is 14.7. The van der Waals surface area contributed by atoms with Crippen molar-refractivity contribution in [2.45, 2.75) is 0 Å². The van der Waals surface area contributed by atoms with E-state index in [2.05, 4.69) is 25.4 Å². The quantitative estimate of drug-likeness (QED) is 0.770. The van der Waals surface area contributed by atoms with E-state index in [1.807, 2.05) is 4.90 Å². The van der Waals surface area contributed by atoms with Gasteiger partial charge in [-0.25, -0.2) is 24.0 Å². The molecule has 1 aliphatic rings. The highest BCUT2D eigenvalue weighted by molar-refractivity contribution is 5.94. The summed E-state index contributed by atoms with van der Waals surface area (Å²) in [6, 6.07) is 7.64. The molecule has 0 bridgehead atoms. The number of nitrogens with zero attached hydrogens (tertiary/aromatic N) is 6. The maximum atomic E-state index is 13.2. The number of anilines is 2. The van der Waals surface area contributed by atoms with Crippen LogP contribution in [0.4, 0.5) is 15.9 Å². The largest absolute Gasteiger partial charge is 0.355 e. The van der Waals surface area contributed by atoms with Crippen LogP contribution < -0.4 is 10.2 Å². The third-order valence-electron chi connectivity index (χ3n) is 3.96. The van der Waals surface area contributed by atoms with E-state index < -0.39 is 0 Å². The molecule has 3 heterocycles. The second-order valence-electron chi connectivity index (χ2n) is 5.68. The number of carbonyl (C=O) groups excluding carboxylic acids is 1. The van der Waals surface area contributed by atoms with E-state index >= 15 is 0 Å². The lowest BCUT2D eigenvalue weighted by molar-refractivity contribution is -0.120. The van der Waals surface area contributed by atoms with Gasteiger partial charge in [-0.05, 0) is 18.2 Å². The molecule has 8 nitrogen and oxygen atoms in total. The topological polar surface area (TPSA) is 88.8 Å². The Labute approximate surface area is 142 Å². The molecule has 1 saturated heterocycles. The van der Waals surface area contributed by atoms with Crippen LogP contribution in [-0.4, -0.2) is 43.7 Å². The van der Waals surface area contributed by atoms with Crippen LogP contribution >= 0.6 is 0 Å². The summed E-state index contributed by atoms with van der Waals surface area (Å²) in [4.78, 5) is 26.5. The Balaban J connectivity index is 1.39. The molecule has 4 rings (SSSR count). The summed E-state index contributed by atoms with van der Waals surface area (Å²) in [5.41, 5.74) is 0.457. The van der Waals surface area contributed by atoms with Crippen LogP contribution in [0.25, 0.3) is 5.82 Å². The van der Waals surface area contributed by atoms with Crippen molar-refractivity contribution in [2.75, 3.05) is 23.3 Å². The standard InChI is InChI=1S/C16H14FN7O/c17-12-2-1-3-13(4-12)22-16(25)11-6-23(7-11)14-5-15(20-9-19-14)24-10-18-8-21-24/h1-5,8-11H,6-7H2,(H,22,25). The predicted octanol–water partition coefficient (Wildman–Crippen LogP) is 1.27. The first-order chi connectivity index (χ1) is 12.2. The van der Waals surface area contributed by atoms with Crippen LogP contribution in [0.2, 0.25) is 0 Å². The number of amides is 1. The maximum Gasteiger partial charge on any atom is 0.231 e. The summed E-state index contributed by atoms with van der Waals surface area (Å²) in [6.07, 6.45) is 4.43. The number of nitrogens with one attached hydrogen (secondary N) is 1. The molecule has 0 radical (unpaired) electrons. The number of carbonyl (C=O) groups is 1. The molecule has 126 valence electrons. The fraction of sp³-hybridized carbons (Fsp3) is 0.188. The average molecular weight is 339 g/mol. The zero-order chi connectivity index (χ0) is 17.2. The third-order valence-corrected chi connectivity index (χ3v) is 3.96. The van der Waals surface area contributed by atoms with Crippen molar-refractivity contribution in [3.63, 3.8) is 0 Å². The summed E-state index contributed by atoms with van der Waals surface area (Å²) in [5.74, 6) is 0.639. The highest BCUT2D eigenvalue weighted by atomic mass is 19.1. The van der Waals surface area contributed by atoms with Crippen LogP contribution in [0.15, 0.2) is 49.3 Å². The Bertz CT molecular complexity index is 893. The number of hydrogen-bond donors (Lipinski definition) is 1. The first-order valence-corrected chi connectivity index (χ1v) is 7.67. The third kappa shape index (κ3) is 3.16. The average Bonchev–Trinajstić information content (AvgIpc) is 3.08. The van der Waals surface area contributed by atoms with Crippen molar-refractivity contribution < 1.29 is 9.18 Å². The number of aromatic nitrogens is 5. The zero-order valence-corrected chi connectivity index (χ0v) is 13.1. The Hall–Kier alpha value is -3.36. The molecular formula is C16H14FN7O. The van der Waals surface area contributed by atoms with Crippen molar-refractivity contribution in [1.82, 2.24) is 24.7 Å². The number of halogens is 1. The Morgan fingerprint density at radius 2 is 2.00 bits per heavy atom. The first-order valence-electron chi connectivity index (χ1n) is 7.67. The number of rotatable bonds is 4. The van der Waals surface area contributed by atoms with Crippen LogP contribution in [0.1, 0.15) is 0 Å². The van der Waals surface area contributed by atoms with Crippen molar-refractivity contribution in [3.8, 4) is 5.82 Å². The fourth-order valence-electron chi connectivity index (χ4n) is 2.60. The molecule has 9 heteroatoms. The van der Waals surface area contributed by atoms with Crippen LogP contribution in [-0.2, 0) is 4.79 Å². The highest BCUT2D eigenvalue weighted by Crippen LogP contribution is 2.24. The van der Waals surface area contributed by atoms with E-state index in [1.54, 1.807) is 29.2 Å². The molecule has 1 aliphatic heterocycles. The molecule has 0 aliphatic carbocycles. The summed E-state index contributed by atoms with van der Waals surface area (Å²) in [5, 5.41) is 6.76. The van der Waals surface area contributed by atoms with Gasteiger partial charge in [-0.2, -0.15) is 5.10 Å². The Morgan fingerprint density at radius 1 is 1.16 bits per heavy atom. The highest BCUT2D eigenvalue weighted by Gasteiger charge is 2.33. The zero-order valence-electron chi connectivity index (χ0n) is 13.1. The van der Waals surface area contributed by atoms with Crippen LogP contribution in [0.5, 0.6) is 0 Å². The molecule has 25 heavy (non-hydrogen) atoms. The van der Waals surface area contributed by atoms with Crippen LogP contribution in [0.3, 0.4) is 0 Å². The molecular weight excluding hydrogens is 325 g/mol. The molecule has 3 aromatic rings. The SMILES string of the molecule is O=C(Nc1cccc(F)c1)C1CN(c2cc(-n3cncn3)ncn2)C1. The van der Waals surface area contributed by atoms with E-state index in [4.69, 9.17) is 0 Å². The number of hydrogen-bond acceptors (Lipinski definition) is 6. The number of benzene rings is 1. The van der Waals surface area contributed by atoms with Gasteiger partial charge in [-0.1, -0.05) is 6.07 Å². The summed E-state index contributed by atoms with van der Waals surface area (Å²) in [6.45, 7) is 1.07. The molecule has 0 atom stereocenters. The van der Waals surface area contributed by atoms with Gasteiger partial charge in [-0.3, -0.25) is 4.79 Å². The molecule has 0 spiro atoms. The van der Waals surface area contributed by atoms with Crippen LogP contribution in [0, 0.1) is 11.7 Å². The van der Waals surface area contributed by atoms with E-state index in [-0.39, 0.29) is 17.6 Å². The van der Waals surface area contributed by atoms with Gasteiger partial charge >= 0.3 is 0 Å². The van der Waals surface area contributed by atoms with Gasteiger partial charge in [0.25, 0.3) is 0 Å². The predicted molar refractivity (Wildman–Crippen MR) is 87.7 cm³/mol. The second kappa shape index (κ2) is 6.27. The first kappa shape index (κ1) is 15.2. The Morgan fingerprint density at radius 3 is 2.76 bits per heavy atom. The van der Waals surface area contributed by atoms with E-state index in [1.165, 1.54) is 24.8 Å². The molecule has 1 aromatic carbocycles. The Kier molecular flexibility index (Phi) is 3.81. The monoisotopic (exact) mass is 339 g/mol. The molecule has 0 saturated carbocycles. The van der Waals surface area contributed by atoms with Crippen molar-refractivity contribution in [2.24, 2.45) is 5.92 Å². The molecule has 0 unspecified atom stereocenters. The molecule has 2 aromatic heterocycles. The summed E-state index contributed by atoms with van der Waals surface area (Å²) >= 11 is 0. The van der Waals surface area contributed by atoms with Gasteiger partial charge in [0, 0.05) is 24.8 Å². The van der Waals surface area contributed by atoms with E-state index in [0.29, 0.717) is 24.6 Å². The lowest BCUT2D eigenvalue weighted by Crippen LogP contribution is -2.52. The second-order valence-corrected chi connectivity index (χ2v) is 5.68. The maximum absolute atomic E-state index is 13.2. The lowest BCUT2D eigenvalue weighted by Gasteiger charge is -2.39. The van der Waals surface area contributed by atoms with Crippen molar-refractivity contribution in [3.05, 3.63) is 55.1 Å². The smallest absolute Gasteiger partial charge is 0.231 e. The van der Waals surface area contributed by atoms with Gasteiger partial charge in [0.15, 0.2) is 5.82 Å². The molecule has 1 amide bonds. The van der Waals surface area contributed by atoms with Crippen molar-refractivity contribution >= 4 is 17.4 Å². The molecule has 1 N–H and O–H groups in total. The minimum atomic E-state index is -0.380. The van der Waals surface area contributed by atoms with Crippen molar-refractivity contribution in [1.29, 1.82) is 0 Å². The van der Waals surface area contributed by atoms with Gasteiger partial charge in [0.2, 0.25) is 5.91 Å².